The molecule has 2 N–H and O–H groups in total. The number of amides is 2. The second-order valence-electron chi connectivity index (χ2n) is 6.60. The van der Waals surface area contributed by atoms with Crippen LogP contribution in [-0.4, -0.2) is 26.6 Å². The highest BCUT2D eigenvalue weighted by Gasteiger charge is 2.29. The standard InChI is InChI=1S/C18H23N5O2/c1-13(15-7-8-15)9-16(24)21-18-20-12-23(22-18)11-17(25)19-10-14-5-3-2-4-6-14/h2-6,12-13,15H,7-11H2,1H3,(H,19,25)(H,21,22,24). The van der Waals surface area contributed by atoms with Crippen molar-refractivity contribution < 1.29 is 9.59 Å². The molecule has 1 aromatic carbocycles. The van der Waals surface area contributed by atoms with Gasteiger partial charge in [-0.25, -0.2) is 9.67 Å². The maximum atomic E-state index is 12.0. The van der Waals surface area contributed by atoms with Crippen LogP contribution in [0.25, 0.3) is 0 Å². The fourth-order valence-corrected chi connectivity index (χ4v) is 2.73. The monoisotopic (exact) mass is 341 g/mol. The average Bonchev–Trinajstić information content (AvgIpc) is 3.36. The summed E-state index contributed by atoms with van der Waals surface area (Å²) in [5, 5.41) is 9.65. The number of anilines is 1. The van der Waals surface area contributed by atoms with Crippen LogP contribution in [-0.2, 0) is 22.7 Å². The summed E-state index contributed by atoms with van der Waals surface area (Å²) in [6.07, 6.45) is 4.37. The lowest BCUT2D eigenvalue weighted by Gasteiger charge is -2.08. The van der Waals surface area contributed by atoms with Crippen LogP contribution < -0.4 is 10.6 Å². The first-order valence-electron chi connectivity index (χ1n) is 8.60. The number of nitrogens with one attached hydrogen (secondary N) is 2. The molecule has 1 saturated carbocycles. The highest BCUT2D eigenvalue weighted by Crippen LogP contribution is 2.38. The molecule has 132 valence electrons. The molecule has 1 aliphatic carbocycles. The van der Waals surface area contributed by atoms with Crippen molar-refractivity contribution in [1.82, 2.24) is 20.1 Å². The molecule has 1 aromatic heterocycles. The second kappa shape index (κ2) is 7.92. The molecule has 1 unspecified atom stereocenters. The van der Waals surface area contributed by atoms with Crippen LogP contribution in [0.1, 0.15) is 31.7 Å². The first kappa shape index (κ1) is 17.1. The predicted octanol–water partition coefficient (Wildman–Crippen LogP) is 1.97. The van der Waals surface area contributed by atoms with E-state index in [1.54, 1.807) is 0 Å². The van der Waals surface area contributed by atoms with E-state index in [9.17, 15) is 9.59 Å². The van der Waals surface area contributed by atoms with E-state index in [1.165, 1.54) is 23.9 Å². The molecule has 2 amide bonds. The van der Waals surface area contributed by atoms with E-state index in [4.69, 9.17) is 0 Å². The maximum absolute atomic E-state index is 12.0. The van der Waals surface area contributed by atoms with Gasteiger partial charge < -0.3 is 5.32 Å². The summed E-state index contributed by atoms with van der Waals surface area (Å²) >= 11 is 0. The van der Waals surface area contributed by atoms with Gasteiger partial charge in [-0.2, -0.15) is 0 Å². The van der Waals surface area contributed by atoms with Gasteiger partial charge in [0.15, 0.2) is 0 Å². The first-order valence-corrected chi connectivity index (χ1v) is 8.60. The minimum atomic E-state index is -0.158. The van der Waals surface area contributed by atoms with Crippen molar-refractivity contribution in [2.75, 3.05) is 5.32 Å². The zero-order chi connectivity index (χ0) is 17.6. The normalized spacial score (nSPS) is 14.8. The Morgan fingerprint density at radius 2 is 2.00 bits per heavy atom. The van der Waals surface area contributed by atoms with E-state index < -0.39 is 0 Å². The Labute approximate surface area is 146 Å². The van der Waals surface area contributed by atoms with Gasteiger partial charge in [-0.3, -0.25) is 14.9 Å². The fraction of sp³-hybridized carbons (Fsp3) is 0.444. The van der Waals surface area contributed by atoms with Crippen molar-refractivity contribution in [2.45, 2.75) is 39.3 Å². The van der Waals surface area contributed by atoms with Crippen LogP contribution in [0.2, 0.25) is 0 Å². The van der Waals surface area contributed by atoms with Crippen molar-refractivity contribution in [3.05, 3.63) is 42.2 Å². The number of carbonyl (C=O) groups excluding carboxylic acids is 2. The third-order valence-corrected chi connectivity index (χ3v) is 4.36. The minimum absolute atomic E-state index is 0.0637. The summed E-state index contributed by atoms with van der Waals surface area (Å²) in [5.41, 5.74) is 1.03. The van der Waals surface area contributed by atoms with E-state index >= 15 is 0 Å². The minimum Gasteiger partial charge on any atom is -0.350 e. The summed E-state index contributed by atoms with van der Waals surface area (Å²) in [5.74, 6) is 1.08. The summed E-state index contributed by atoms with van der Waals surface area (Å²) in [6.45, 7) is 2.63. The number of hydrogen-bond donors (Lipinski definition) is 2. The third-order valence-electron chi connectivity index (χ3n) is 4.36. The third kappa shape index (κ3) is 5.41. The van der Waals surface area contributed by atoms with Crippen molar-refractivity contribution in [3.63, 3.8) is 0 Å². The van der Waals surface area contributed by atoms with Gasteiger partial charge in [0.25, 0.3) is 0 Å². The Bertz CT molecular complexity index is 724. The number of carbonyl (C=O) groups is 2. The smallest absolute Gasteiger partial charge is 0.248 e. The average molecular weight is 341 g/mol. The van der Waals surface area contributed by atoms with E-state index in [-0.39, 0.29) is 24.3 Å². The molecule has 3 rings (SSSR count). The van der Waals surface area contributed by atoms with E-state index in [1.807, 2.05) is 30.3 Å². The second-order valence-corrected chi connectivity index (χ2v) is 6.60. The molecule has 7 heteroatoms. The maximum Gasteiger partial charge on any atom is 0.248 e. The van der Waals surface area contributed by atoms with Crippen LogP contribution in [0.3, 0.4) is 0 Å². The van der Waals surface area contributed by atoms with Crippen LogP contribution >= 0.6 is 0 Å². The van der Waals surface area contributed by atoms with Crippen molar-refractivity contribution >= 4 is 17.8 Å². The molecule has 1 heterocycles. The predicted molar refractivity (Wildman–Crippen MR) is 93.4 cm³/mol. The van der Waals surface area contributed by atoms with Gasteiger partial charge in [-0.15, -0.1) is 5.10 Å². The van der Waals surface area contributed by atoms with Gasteiger partial charge in [0.05, 0.1) is 0 Å². The molecule has 0 radical (unpaired) electrons. The fourth-order valence-electron chi connectivity index (χ4n) is 2.73. The van der Waals surface area contributed by atoms with Gasteiger partial charge in [0, 0.05) is 13.0 Å². The molecular weight excluding hydrogens is 318 g/mol. The van der Waals surface area contributed by atoms with Crippen LogP contribution in [0.15, 0.2) is 36.7 Å². The quantitative estimate of drug-likeness (QED) is 0.768. The van der Waals surface area contributed by atoms with Gasteiger partial charge in [0.2, 0.25) is 17.8 Å². The molecule has 1 aliphatic rings. The van der Waals surface area contributed by atoms with Crippen molar-refractivity contribution in [1.29, 1.82) is 0 Å². The number of rotatable bonds is 8. The molecule has 0 saturated heterocycles. The lowest BCUT2D eigenvalue weighted by Crippen LogP contribution is -2.27. The number of hydrogen-bond acceptors (Lipinski definition) is 4. The molecule has 1 fully saturated rings. The Morgan fingerprint density at radius 3 is 2.72 bits per heavy atom. The van der Waals surface area contributed by atoms with Crippen molar-refractivity contribution in [2.24, 2.45) is 11.8 Å². The van der Waals surface area contributed by atoms with Gasteiger partial charge >= 0.3 is 0 Å². The van der Waals surface area contributed by atoms with Crippen LogP contribution in [0.4, 0.5) is 5.95 Å². The van der Waals surface area contributed by atoms with Crippen LogP contribution in [0.5, 0.6) is 0 Å². The number of benzene rings is 1. The van der Waals surface area contributed by atoms with Gasteiger partial charge in [0.1, 0.15) is 12.9 Å². The highest BCUT2D eigenvalue weighted by molar-refractivity contribution is 5.89. The Hall–Kier alpha value is -2.70. The van der Waals surface area contributed by atoms with E-state index in [0.29, 0.717) is 24.8 Å². The van der Waals surface area contributed by atoms with Gasteiger partial charge in [-0.05, 0) is 30.2 Å². The molecule has 2 aromatic rings. The molecule has 1 atom stereocenters. The molecule has 0 aliphatic heterocycles. The summed E-state index contributed by atoms with van der Waals surface area (Å²) < 4.78 is 1.42. The topological polar surface area (TPSA) is 88.9 Å². The van der Waals surface area contributed by atoms with E-state index in [2.05, 4.69) is 27.6 Å². The lowest BCUT2D eigenvalue weighted by atomic mass is 10.0. The van der Waals surface area contributed by atoms with E-state index in [0.717, 1.165) is 5.56 Å². The summed E-state index contributed by atoms with van der Waals surface area (Å²) in [6, 6.07) is 9.69. The lowest BCUT2D eigenvalue weighted by molar-refractivity contribution is -0.122. The Morgan fingerprint density at radius 1 is 1.24 bits per heavy atom. The van der Waals surface area contributed by atoms with Crippen LogP contribution in [0, 0.1) is 11.8 Å². The number of aromatic nitrogens is 3. The zero-order valence-corrected chi connectivity index (χ0v) is 14.3. The largest absolute Gasteiger partial charge is 0.350 e. The highest BCUT2D eigenvalue weighted by atomic mass is 16.2. The Balaban J connectivity index is 1.42. The summed E-state index contributed by atoms with van der Waals surface area (Å²) in [7, 11) is 0. The van der Waals surface area contributed by atoms with Crippen molar-refractivity contribution in [3.8, 4) is 0 Å². The zero-order valence-electron chi connectivity index (χ0n) is 14.3. The Kier molecular flexibility index (Phi) is 5.42. The molecule has 0 bridgehead atoms. The molecule has 25 heavy (non-hydrogen) atoms. The molecule has 7 nitrogen and oxygen atoms in total. The SMILES string of the molecule is CC(CC(=O)Nc1ncn(CC(=O)NCc2ccccc2)n1)C1CC1. The molecular formula is C18H23N5O2. The number of nitrogens with zero attached hydrogens (tertiary/aromatic N) is 3. The van der Waals surface area contributed by atoms with Gasteiger partial charge in [-0.1, -0.05) is 37.3 Å². The molecule has 0 spiro atoms. The first-order chi connectivity index (χ1) is 12.1. The summed E-state index contributed by atoms with van der Waals surface area (Å²) in [4.78, 5) is 28.0.